The van der Waals surface area contributed by atoms with Crippen molar-refractivity contribution >= 4 is 17.2 Å². The summed E-state index contributed by atoms with van der Waals surface area (Å²) in [5.41, 5.74) is 8.04. The quantitative estimate of drug-likeness (QED) is 0.799. The van der Waals surface area contributed by atoms with E-state index in [1.165, 1.54) is 11.1 Å². The van der Waals surface area contributed by atoms with Crippen molar-refractivity contribution in [3.8, 4) is 5.75 Å². The van der Waals surface area contributed by atoms with Crippen LogP contribution in [-0.2, 0) is 0 Å². The lowest BCUT2D eigenvalue weighted by molar-refractivity contribution is 0.205. The van der Waals surface area contributed by atoms with E-state index in [1.807, 2.05) is 6.07 Å². The van der Waals surface area contributed by atoms with Gasteiger partial charge in [-0.15, -0.1) is 0 Å². The van der Waals surface area contributed by atoms with Crippen molar-refractivity contribution in [3.63, 3.8) is 0 Å². The van der Waals surface area contributed by atoms with Crippen LogP contribution in [0.4, 0.5) is 0 Å². The maximum Gasteiger partial charge on any atom is 0.120 e. The fourth-order valence-corrected chi connectivity index (χ4v) is 1.66. The van der Waals surface area contributed by atoms with Crippen molar-refractivity contribution in [2.45, 2.75) is 39.7 Å². The second-order valence-electron chi connectivity index (χ2n) is 4.06. The van der Waals surface area contributed by atoms with E-state index in [2.05, 4.69) is 32.9 Å². The van der Waals surface area contributed by atoms with E-state index < -0.39 is 0 Å². The van der Waals surface area contributed by atoms with E-state index in [-0.39, 0.29) is 6.10 Å². The summed E-state index contributed by atoms with van der Waals surface area (Å²) in [6.45, 7) is 6.24. The molecule has 1 aromatic rings. The summed E-state index contributed by atoms with van der Waals surface area (Å²) in [4.78, 5) is 0.510. The molecule has 88 valence electrons. The van der Waals surface area contributed by atoms with Gasteiger partial charge in [-0.3, -0.25) is 0 Å². The molecule has 0 aromatic heterocycles. The highest BCUT2D eigenvalue weighted by molar-refractivity contribution is 7.80. The maximum absolute atomic E-state index is 5.84. The number of hydrogen-bond donors (Lipinski definition) is 1. The van der Waals surface area contributed by atoms with Gasteiger partial charge in [-0.25, -0.2) is 0 Å². The fraction of sp³-hybridized carbons (Fsp3) is 0.462. The van der Waals surface area contributed by atoms with Crippen LogP contribution in [0.15, 0.2) is 18.2 Å². The monoisotopic (exact) mass is 237 g/mol. The predicted octanol–water partition coefficient (Wildman–Crippen LogP) is 3.14. The molecule has 0 heterocycles. The number of thiocarbonyl (C=S) groups is 1. The smallest absolute Gasteiger partial charge is 0.120 e. The molecule has 0 saturated heterocycles. The molecule has 0 amide bonds. The van der Waals surface area contributed by atoms with Crippen molar-refractivity contribution in [1.29, 1.82) is 0 Å². The van der Waals surface area contributed by atoms with Crippen molar-refractivity contribution in [2.75, 3.05) is 0 Å². The first kappa shape index (κ1) is 13.0. The van der Waals surface area contributed by atoms with Crippen LogP contribution >= 0.6 is 12.2 Å². The molecule has 0 fully saturated rings. The Balaban J connectivity index is 2.70. The average Bonchev–Trinajstić information content (AvgIpc) is 2.22. The molecule has 3 heteroatoms. The Morgan fingerprint density at radius 1 is 1.38 bits per heavy atom. The summed E-state index contributed by atoms with van der Waals surface area (Å²) >= 11 is 4.90. The lowest BCUT2D eigenvalue weighted by atomic mass is 10.1. The van der Waals surface area contributed by atoms with Gasteiger partial charge in [0.1, 0.15) is 11.9 Å². The lowest BCUT2D eigenvalue weighted by Gasteiger charge is -2.17. The average molecular weight is 237 g/mol. The van der Waals surface area contributed by atoms with Gasteiger partial charge >= 0.3 is 0 Å². The fourth-order valence-electron chi connectivity index (χ4n) is 1.47. The molecule has 2 N–H and O–H groups in total. The summed E-state index contributed by atoms with van der Waals surface area (Å²) in [7, 11) is 0. The van der Waals surface area contributed by atoms with Crippen LogP contribution in [0.5, 0.6) is 5.75 Å². The molecule has 0 saturated carbocycles. The Labute approximate surface area is 103 Å². The SMILES string of the molecule is CCC(CC(N)=S)Oc1ccc(C)c(C)c1. The number of nitrogens with two attached hydrogens (primary N) is 1. The molecule has 0 bridgehead atoms. The molecule has 0 spiro atoms. The standard InChI is InChI=1S/C13H19NOS/c1-4-11(8-13(14)16)15-12-6-5-9(2)10(3)7-12/h5-7,11H,4,8H2,1-3H3,(H2,14,16). The molecular formula is C13H19NOS. The van der Waals surface area contributed by atoms with Crippen molar-refractivity contribution in [2.24, 2.45) is 5.73 Å². The minimum absolute atomic E-state index is 0.0830. The van der Waals surface area contributed by atoms with Crippen LogP contribution in [0, 0.1) is 13.8 Å². The highest BCUT2D eigenvalue weighted by atomic mass is 32.1. The minimum Gasteiger partial charge on any atom is -0.490 e. The van der Waals surface area contributed by atoms with Crippen molar-refractivity contribution in [1.82, 2.24) is 0 Å². The third-order valence-electron chi connectivity index (χ3n) is 2.67. The first-order chi connectivity index (χ1) is 7.52. The van der Waals surface area contributed by atoms with Crippen LogP contribution < -0.4 is 10.5 Å². The molecule has 2 nitrogen and oxygen atoms in total. The van der Waals surface area contributed by atoms with Crippen molar-refractivity contribution in [3.05, 3.63) is 29.3 Å². The number of rotatable bonds is 5. The summed E-state index contributed by atoms with van der Waals surface area (Å²) in [6.07, 6.45) is 1.63. The Morgan fingerprint density at radius 3 is 2.56 bits per heavy atom. The zero-order valence-corrected chi connectivity index (χ0v) is 10.9. The van der Waals surface area contributed by atoms with Crippen LogP contribution in [0.25, 0.3) is 0 Å². The minimum atomic E-state index is 0.0830. The zero-order chi connectivity index (χ0) is 12.1. The lowest BCUT2D eigenvalue weighted by Crippen LogP contribution is -2.23. The molecule has 0 aliphatic rings. The number of benzene rings is 1. The molecule has 1 unspecified atom stereocenters. The Morgan fingerprint density at radius 2 is 2.06 bits per heavy atom. The summed E-state index contributed by atoms with van der Waals surface area (Å²) in [5.74, 6) is 0.895. The number of ether oxygens (including phenoxy) is 1. The Kier molecular flexibility index (Phi) is 4.74. The third-order valence-corrected chi connectivity index (χ3v) is 2.83. The van der Waals surface area contributed by atoms with E-state index >= 15 is 0 Å². The molecule has 16 heavy (non-hydrogen) atoms. The zero-order valence-electron chi connectivity index (χ0n) is 10.1. The maximum atomic E-state index is 5.84. The summed E-state index contributed by atoms with van der Waals surface area (Å²) in [5, 5.41) is 0. The number of aryl methyl sites for hydroxylation is 2. The van der Waals surface area contributed by atoms with Gasteiger partial charge in [0.25, 0.3) is 0 Å². The first-order valence-electron chi connectivity index (χ1n) is 5.55. The normalized spacial score (nSPS) is 12.2. The van der Waals surface area contributed by atoms with Crippen LogP contribution in [0.2, 0.25) is 0 Å². The van der Waals surface area contributed by atoms with Crippen LogP contribution in [0.3, 0.4) is 0 Å². The third kappa shape index (κ3) is 3.81. The molecule has 1 rings (SSSR count). The molecule has 1 atom stereocenters. The molecule has 0 aliphatic heterocycles. The molecule has 0 aliphatic carbocycles. The number of hydrogen-bond acceptors (Lipinski definition) is 2. The molecule has 0 radical (unpaired) electrons. The van der Waals surface area contributed by atoms with Crippen LogP contribution in [0.1, 0.15) is 30.9 Å². The van der Waals surface area contributed by atoms with Gasteiger partial charge in [0.15, 0.2) is 0 Å². The van der Waals surface area contributed by atoms with Gasteiger partial charge < -0.3 is 10.5 Å². The van der Waals surface area contributed by atoms with E-state index in [1.54, 1.807) is 0 Å². The second kappa shape index (κ2) is 5.85. The van der Waals surface area contributed by atoms with E-state index in [4.69, 9.17) is 22.7 Å². The predicted molar refractivity (Wildman–Crippen MR) is 72.0 cm³/mol. The Hall–Kier alpha value is -1.09. The van der Waals surface area contributed by atoms with Crippen LogP contribution in [-0.4, -0.2) is 11.1 Å². The Bertz CT molecular complexity index is 376. The van der Waals surface area contributed by atoms with Gasteiger partial charge in [-0.05, 0) is 43.5 Å². The van der Waals surface area contributed by atoms with Gasteiger partial charge in [-0.1, -0.05) is 25.2 Å². The van der Waals surface area contributed by atoms with Gasteiger partial charge in [0.2, 0.25) is 0 Å². The van der Waals surface area contributed by atoms with Gasteiger partial charge in [0, 0.05) is 6.42 Å². The highest BCUT2D eigenvalue weighted by Crippen LogP contribution is 2.19. The van der Waals surface area contributed by atoms with E-state index in [0.29, 0.717) is 11.4 Å². The van der Waals surface area contributed by atoms with E-state index in [0.717, 1.165) is 12.2 Å². The topological polar surface area (TPSA) is 35.2 Å². The summed E-state index contributed by atoms with van der Waals surface area (Å²) < 4.78 is 5.84. The van der Waals surface area contributed by atoms with Gasteiger partial charge in [-0.2, -0.15) is 0 Å². The van der Waals surface area contributed by atoms with E-state index in [9.17, 15) is 0 Å². The van der Waals surface area contributed by atoms with Gasteiger partial charge in [0.05, 0.1) is 4.99 Å². The van der Waals surface area contributed by atoms with Crippen molar-refractivity contribution < 1.29 is 4.74 Å². The summed E-state index contributed by atoms with van der Waals surface area (Å²) in [6, 6.07) is 6.11. The molecule has 1 aromatic carbocycles. The highest BCUT2D eigenvalue weighted by Gasteiger charge is 2.09. The first-order valence-corrected chi connectivity index (χ1v) is 5.96. The molecular weight excluding hydrogens is 218 g/mol. The second-order valence-corrected chi connectivity index (χ2v) is 4.59. The largest absolute Gasteiger partial charge is 0.490 e.